The SMILES string of the molecule is COc1ccc(S(=O)(=O)Cc2ccc(C(=O)O)s2)cc1. The fourth-order valence-corrected chi connectivity index (χ4v) is 4.16. The number of hydrogen-bond donors (Lipinski definition) is 1. The molecule has 1 aromatic heterocycles. The van der Waals surface area contributed by atoms with Gasteiger partial charge in [-0.3, -0.25) is 0 Å². The largest absolute Gasteiger partial charge is 0.497 e. The lowest BCUT2D eigenvalue weighted by molar-refractivity contribution is 0.0702. The highest BCUT2D eigenvalue weighted by Crippen LogP contribution is 2.24. The molecule has 7 heteroatoms. The van der Waals surface area contributed by atoms with Gasteiger partial charge in [-0.1, -0.05) is 0 Å². The number of carbonyl (C=O) groups is 1. The van der Waals surface area contributed by atoms with Gasteiger partial charge in [-0.25, -0.2) is 13.2 Å². The summed E-state index contributed by atoms with van der Waals surface area (Å²) in [4.78, 5) is 11.6. The Balaban J connectivity index is 2.23. The van der Waals surface area contributed by atoms with E-state index in [-0.39, 0.29) is 15.5 Å². The second-order valence-electron chi connectivity index (χ2n) is 4.01. The first-order chi connectivity index (χ1) is 9.42. The molecular weight excluding hydrogens is 300 g/mol. The van der Waals surface area contributed by atoms with E-state index in [0.717, 1.165) is 11.3 Å². The lowest BCUT2D eigenvalue weighted by Crippen LogP contribution is -2.03. The Bertz CT molecular complexity index is 713. The summed E-state index contributed by atoms with van der Waals surface area (Å²) in [5, 5.41) is 8.82. The summed E-state index contributed by atoms with van der Waals surface area (Å²) >= 11 is 0.967. The first kappa shape index (κ1) is 14.5. The van der Waals surface area contributed by atoms with Gasteiger partial charge < -0.3 is 9.84 Å². The number of aromatic carboxylic acids is 1. The van der Waals surface area contributed by atoms with E-state index in [2.05, 4.69) is 0 Å². The third-order valence-corrected chi connectivity index (χ3v) is 5.56. The number of thiophene rings is 1. The van der Waals surface area contributed by atoms with E-state index >= 15 is 0 Å². The Hall–Kier alpha value is -1.86. The van der Waals surface area contributed by atoms with E-state index in [0.29, 0.717) is 10.6 Å². The van der Waals surface area contributed by atoms with Crippen LogP contribution in [0.3, 0.4) is 0 Å². The molecule has 0 amide bonds. The minimum absolute atomic E-state index is 0.130. The minimum atomic E-state index is -3.49. The van der Waals surface area contributed by atoms with Gasteiger partial charge in [-0.15, -0.1) is 11.3 Å². The third kappa shape index (κ3) is 3.17. The van der Waals surface area contributed by atoms with Crippen LogP contribution < -0.4 is 4.74 Å². The molecule has 0 aliphatic carbocycles. The Morgan fingerprint density at radius 2 is 1.85 bits per heavy atom. The maximum absolute atomic E-state index is 12.2. The van der Waals surface area contributed by atoms with Crippen molar-refractivity contribution in [3.8, 4) is 5.75 Å². The number of ether oxygens (including phenoxy) is 1. The van der Waals surface area contributed by atoms with Crippen molar-refractivity contribution in [2.24, 2.45) is 0 Å². The standard InChI is InChI=1S/C13H12O5S2/c1-18-9-2-5-11(6-3-9)20(16,17)8-10-4-7-12(19-10)13(14)15/h2-7H,8H2,1H3,(H,14,15). The van der Waals surface area contributed by atoms with E-state index in [1.807, 2.05) is 0 Å². The Kier molecular flexibility index (Phi) is 4.10. The van der Waals surface area contributed by atoms with Gasteiger partial charge in [0.2, 0.25) is 0 Å². The number of rotatable bonds is 5. The maximum atomic E-state index is 12.2. The normalized spacial score (nSPS) is 11.2. The smallest absolute Gasteiger partial charge is 0.345 e. The van der Waals surface area contributed by atoms with Gasteiger partial charge in [0.1, 0.15) is 10.6 Å². The zero-order valence-corrected chi connectivity index (χ0v) is 12.2. The van der Waals surface area contributed by atoms with Crippen LogP contribution in [0.2, 0.25) is 0 Å². The Morgan fingerprint density at radius 3 is 2.35 bits per heavy atom. The highest BCUT2D eigenvalue weighted by Gasteiger charge is 2.17. The number of carboxylic acid groups (broad SMARTS) is 1. The van der Waals surface area contributed by atoms with Crippen molar-refractivity contribution in [2.75, 3.05) is 7.11 Å². The van der Waals surface area contributed by atoms with Crippen LogP contribution in [0.25, 0.3) is 0 Å². The lowest BCUT2D eigenvalue weighted by Gasteiger charge is -2.04. The van der Waals surface area contributed by atoms with E-state index < -0.39 is 15.8 Å². The Labute approximate surface area is 120 Å². The summed E-state index contributed by atoms with van der Waals surface area (Å²) < 4.78 is 29.4. The first-order valence-corrected chi connectivity index (χ1v) is 8.08. The summed E-state index contributed by atoms with van der Waals surface area (Å²) in [5.74, 6) is -0.687. The highest BCUT2D eigenvalue weighted by atomic mass is 32.2. The molecule has 2 rings (SSSR count). The monoisotopic (exact) mass is 312 g/mol. The minimum Gasteiger partial charge on any atom is -0.497 e. The fourth-order valence-electron chi connectivity index (χ4n) is 1.62. The predicted molar refractivity (Wildman–Crippen MR) is 75.2 cm³/mol. The number of methoxy groups -OCH3 is 1. The molecule has 106 valence electrons. The molecule has 0 atom stereocenters. The molecule has 2 aromatic rings. The molecule has 5 nitrogen and oxygen atoms in total. The van der Waals surface area contributed by atoms with Crippen molar-refractivity contribution in [1.29, 1.82) is 0 Å². The van der Waals surface area contributed by atoms with Crippen LogP contribution in [0.1, 0.15) is 14.5 Å². The topological polar surface area (TPSA) is 80.7 Å². The van der Waals surface area contributed by atoms with Crippen molar-refractivity contribution in [3.63, 3.8) is 0 Å². The average molecular weight is 312 g/mol. The summed E-state index contributed by atoms with van der Waals surface area (Å²) in [6.45, 7) is 0. The van der Waals surface area contributed by atoms with E-state index in [4.69, 9.17) is 9.84 Å². The van der Waals surface area contributed by atoms with Gasteiger partial charge in [-0.2, -0.15) is 0 Å². The van der Waals surface area contributed by atoms with Crippen molar-refractivity contribution >= 4 is 27.1 Å². The molecule has 0 saturated carbocycles. The van der Waals surface area contributed by atoms with Crippen LogP contribution in [0, 0.1) is 0 Å². The van der Waals surface area contributed by atoms with Crippen molar-refractivity contribution in [3.05, 3.63) is 46.2 Å². The summed E-state index contributed by atoms with van der Waals surface area (Å²) in [5.41, 5.74) is 0. The summed E-state index contributed by atoms with van der Waals surface area (Å²) in [6, 6.07) is 9.02. The molecule has 0 fully saturated rings. The molecule has 0 aliphatic rings. The van der Waals surface area contributed by atoms with E-state index in [1.165, 1.54) is 31.4 Å². The molecule has 1 heterocycles. The zero-order valence-electron chi connectivity index (χ0n) is 10.6. The van der Waals surface area contributed by atoms with Crippen LogP contribution in [-0.2, 0) is 15.6 Å². The quantitative estimate of drug-likeness (QED) is 0.917. The molecule has 0 saturated heterocycles. The number of benzene rings is 1. The van der Waals surface area contributed by atoms with Crippen LogP contribution in [0.4, 0.5) is 0 Å². The van der Waals surface area contributed by atoms with E-state index in [1.54, 1.807) is 12.1 Å². The fraction of sp³-hybridized carbons (Fsp3) is 0.154. The second kappa shape index (κ2) is 5.64. The second-order valence-corrected chi connectivity index (χ2v) is 7.16. The van der Waals surface area contributed by atoms with Gasteiger partial charge in [0.25, 0.3) is 0 Å². The van der Waals surface area contributed by atoms with Crippen molar-refractivity contribution in [1.82, 2.24) is 0 Å². The maximum Gasteiger partial charge on any atom is 0.345 e. The first-order valence-electron chi connectivity index (χ1n) is 5.61. The van der Waals surface area contributed by atoms with Gasteiger partial charge in [0.05, 0.1) is 17.8 Å². The zero-order chi connectivity index (χ0) is 14.8. The van der Waals surface area contributed by atoms with Gasteiger partial charge in [-0.05, 0) is 36.4 Å². The summed E-state index contributed by atoms with van der Waals surface area (Å²) in [6.07, 6.45) is 0. The molecular formula is C13H12O5S2. The van der Waals surface area contributed by atoms with E-state index in [9.17, 15) is 13.2 Å². The molecule has 1 N–H and O–H groups in total. The van der Waals surface area contributed by atoms with Gasteiger partial charge in [0, 0.05) is 4.88 Å². The molecule has 1 aromatic carbocycles. The van der Waals surface area contributed by atoms with Gasteiger partial charge >= 0.3 is 5.97 Å². The Morgan fingerprint density at radius 1 is 1.20 bits per heavy atom. The molecule has 0 radical (unpaired) electrons. The molecule has 0 aliphatic heterocycles. The molecule has 0 spiro atoms. The number of sulfone groups is 1. The van der Waals surface area contributed by atoms with Crippen LogP contribution >= 0.6 is 11.3 Å². The van der Waals surface area contributed by atoms with Crippen LogP contribution in [0.5, 0.6) is 5.75 Å². The van der Waals surface area contributed by atoms with Crippen LogP contribution in [-0.4, -0.2) is 26.6 Å². The third-order valence-electron chi connectivity index (χ3n) is 2.62. The average Bonchev–Trinajstić information content (AvgIpc) is 2.87. The number of carboxylic acids is 1. The van der Waals surface area contributed by atoms with Crippen molar-refractivity contribution < 1.29 is 23.1 Å². The summed E-state index contributed by atoms with van der Waals surface area (Å²) in [7, 11) is -1.99. The molecule has 0 unspecified atom stereocenters. The number of hydrogen-bond acceptors (Lipinski definition) is 5. The molecule has 20 heavy (non-hydrogen) atoms. The van der Waals surface area contributed by atoms with Crippen LogP contribution in [0.15, 0.2) is 41.3 Å². The predicted octanol–water partition coefficient (Wildman–Crippen LogP) is 2.43. The molecule has 0 bridgehead atoms. The van der Waals surface area contributed by atoms with Crippen molar-refractivity contribution in [2.45, 2.75) is 10.6 Å². The highest BCUT2D eigenvalue weighted by molar-refractivity contribution is 7.90. The van der Waals surface area contributed by atoms with Gasteiger partial charge in [0.15, 0.2) is 9.84 Å². The lowest BCUT2D eigenvalue weighted by atomic mass is 10.3.